The van der Waals surface area contributed by atoms with Gasteiger partial charge in [0.2, 0.25) is 0 Å². The maximum Gasteiger partial charge on any atom is 0.147 e. The SMILES string of the molecule is Cc1cnc(C)c(NCCc2ccccc2Cl)n1. The normalized spacial score (nSPS) is 10.4. The van der Waals surface area contributed by atoms with E-state index in [0.29, 0.717) is 0 Å². The van der Waals surface area contributed by atoms with Gasteiger partial charge in [-0.2, -0.15) is 0 Å². The molecule has 0 radical (unpaired) electrons. The molecular weight excluding hydrogens is 246 g/mol. The third-order valence-electron chi connectivity index (χ3n) is 2.72. The molecule has 1 N–H and O–H groups in total. The quantitative estimate of drug-likeness (QED) is 0.917. The molecule has 0 saturated carbocycles. The summed E-state index contributed by atoms with van der Waals surface area (Å²) >= 11 is 6.11. The van der Waals surface area contributed by atoms with Crippen LogP contribution in [0.2, 0.25) is 5.02 Å². The number of benzene rings is 1. The van der Waals surface area contributed by atoms with Gasteiger partial charge in [0.15, 0.2) is 0 Å². The van der Waals surface area contributed by atoms with E-state index in [2.05, 4.69) is 15.3 Å². The molecule has 0 unspecified atom stereocenters. The summed E-state index contributed by atoms with van der Waals surface area (Å²) in [6.45, 7) is 4.68. The van der Waals surface area contributed by atoms with Gasteiger partial charge in [-0.3, -0.25) is 4.98 Å². The number of hydrogen-bond acceptors (Lipinski definition) is 3. The molecule has 3 nitrogen and oxygen atoms in total. The maximum atomic E-state index is 6.11. The molecule has 1 aromatic carbocycles. The Morgan fingerprint density at radius 2 is 2.00 bits per heavy atom. The largest absolute Gasteiger partial charge is 0.368 e. The van der Waals surface area contributed by atoms with Crippen molar-refractivity contribution in [3.8, 4) is 0 Å². The Morgan fingerprint density at radius 1 is 1.22 bits per heavy atom. The molecule has 0 saturated heterocycles. The highest BCUT2D eigenvalue weighted by Crippen LogP contribution is 2.16. The van der Waals surface area contributed by atoms with E-state index in [-0.39, 0.29) is 0 Å². The average Bonchev–Trinajstić information content (AvgIpc) is 2.36. The summed E-state index contributed by atoms with van der Waals surface area (Å²) < 4.78 is 0. The van der Waals surface area contributed by atoms with Crippen LogP contribution < -0.4 is 5.32 Å². The van der Waals surface area contributed by atoms with E-state index in [1.807, 2.05) is 38.1 Å². The van der Waals surface area contributed by atoms with E-state index < -0.39 is 0 Å². The highest BCUT2D eigenvalue weighted by atomic mass is 35.5. The number of nitrogens with one attached hydrogen (secondary N) is 1. The molecule has 18 heavy (non-hydrogen) atoms. The molecule has 0 spiro atoms. The second-order valence-corrected chi connectivity index (χ2v) is 4.62. The molecular formula is C14H16ClN3. The van der Waals surface area contributed by atoms with Crippen molar-refractivity contribution in [1.82, 2.24) is 9.97 Å². The predicted molar refractivity (Wildman–Crippen MR) is 75.2 cm³/mol. The molecule has 0 aliphatic heterocycles. The first-order valence-corrected chi connectivity index (χ1v) is 6.32. The lowest BCUT2D eigenvalue weighted by Crippen LogP contribution is -2.09. The predicted octanol–water partition coefficient (Wildman–Crippen LogP) is 3.40. The van der Waals surface area contributed by atoms with Crippen molar-refractivity contribution < 1.29 is 0 Å². The van der Waals surface area contributed by atoms with Crippen molar-refractivity contribution in [2.45, 2.75) is 20.3 Å². The molecule has 0 amide bonds. The Morgan fingerprint density at radius 3 is 2.78 bits per heavy atom. The van der Waals surface area contributed by atoms with Crippen LogP contribution in [0, 0.1) is 13.8 Å². The molecule has 2 aromatic rings. The molecule has 2 rings (SSSR count). The fourth-order valence-corrected chi connectivity index (χ4v) is 1.95. The third kappa shape index (κ3) is 3.20. The molecule has 0 fully saturated rings. The molecule has 4 heteroatoms. The van der Waals surface area contributed by atoms with Crippen LogP contribution in [0.15, 0.2) is 30.5 Å². The number of aryl methyl sites for hydroxylation is 2. The molecule has 0 aliphatic carbocycles. The first-order valence-electron chi connectivity index (χ1n) is 5.94. The van der Waals surface area contributed by atoms with Gasteiger partial charge < -0.3 is 5.32 Å². The number of halogens is 1. The zero-order valence-corrected chi connectivity index (χ0v) is 11.3. The molecule has 94 valence electrons. The van der Waals surface area contributed by atoms with Crippen LogP contribution in [0.1, 0.15) is 17.0 Å². The van der Waals surface area contributed by atoms with Gasteiger partial charge in [0, 0.05) is 17.8 Å². The highest BCUT2D eigenvalue weighted by molar-refractivity contribution is 6.31. The summed E-state index contributed by atoms with van der Waals surface area (Å²) in [6, 6.07) is 7.89. The van der Waals surface area contributed by atoms with Gasteiger partial charge in [0.05, 0.1) is 11.4 Å². The summed E-state index contributed by atoms with van der Waals surface area (Å²) in [5.41, 5.74) is 2.98. The average molecular weight is 262 g/mol. The lowest BCUT2D eigenvalue weighted by molar-refractivity contribution is 0.975. The van der Waals surface area contributed by atoms with Gasteiger partial charge in [-0.25, -0.2) is 4.98 Å². The third-order valence-corrected chi connectivity index (χ3v) is 3.09. The summed E-state index contributed by atoms with van der Waals surface area (Å²) in [6.07, 6.45) is 2.64. The summed E-state index contributed by atoms with van der Waals surface area (Å²) in [7, 11) is 0. The number of hydrogen-bond donors (Lipinski definition) is 1. The van der Waals surface area contributed by atoms with Crippen molar-refractivity contribution in [1.29, 1.82) is 0 Å². The minimum absolute atomic E-state index is 0.794. The minimum Gasteiger partial charge on any atom is -0.368 e. The van der Waals surface area contributed by atoms with E-state index in [0.717, 1.165) is 40.8 Å². The summed E-state index contributed by atoms with van der Waals surface area (Å²) in [5.74, 6) is 0.849. The van der Waals surface area contributed by atoms with Crippen molar-refractivity contribution in [3.63, 3.8) is 0 Å². The Labute approximate surface area is 112 Å². The number of aromatic nitrogens is 2. The first-order chi connectivity index (χ1) is 8.66. The van der Waals surface area contributed by atoms with Gasteiger partial charge in [0.25, 0.3) is 0 Å². The van der Waals surface area contributed by atoms with E-state index in [9.17, 15) is 0 Å². The van der Waals surface area contributed by atoms with Gasteiger partial charge in [-0.1, -0.05) is 29.8 Å². The van der Waals surface area contributed by atoms with Crippen LogP contribution in [-0.4, -0.2) is 16.5 Å². The Bertz CT molecular complexity index is 540. The van der Waals surface area contributed by atoms with Gasteiger partial charge >= 0.3 is 0 Å². The number of anilines is 1. The van der Waals surface area contributed by atoms with Crippen molar-refractivity contribution in [2.75, 3.05) is 11.9 Å². The monoisotopic (exact) mass is 261 g/mol. The highest BCUT2D eigenvalue weighted by Gasteiger charge is 2.02. The Kier molecular flexibility index (Phi) is 4.15. The molecule has 0 aliphatic rings. The van der Waals surface area contributed by atoms with E-state index >= 15 is 0 Å². The first kappa shape index (κ1) is 12.8. The minimum atomic E-state index is 0.794. The van der Waals surface area contributed by atoms with Gasteiger partial charge in [-0.05, 0) is 31.9 Å². The summed E-state index contributed by atoms with van der Waals surface area (Å²) in [5, 5.41) is 4.11. The van der Waals surface area contributed by atoms with Crippen molar-refractivity contribution in [3.05, 3.63) is 52.4 Å². The van der Waals surface area contributed by atoms with Crippen LogP contribution in [-0.2, 0) is 6.42 Å². The van der Waals surface area contributed by atoms with Gasteiger partial charge in [-0.15, -0.1) is 0 Å². The summed E-state index contributed by atoms with van der Waals surface area (Å²) in [4.78, 5) is 8.69. The maximum absolute atomic E-state index is 6.11. The topological polar surface area (TPSA) is 37.8 Å². The molecule has 0 atom stereocenters. The smallest absolute Gasteiger partial charge is 0.147 e. The Balaban J connectivity index is 1.96. The standard InChI is InChI=1S/C14H16ClN3/c1-10-9-17-11(2)14(18-10)16-8-7-12-5-3-4-6-13(12)15/h3-6,9H,7-8H2,1-2H3,(H,16,18). The second-order valence-electron chi connectivity index (χ2n) is 4.21. The van der Waals surface area contributed by atoms with Crippen LogP contribution in [0.4, 0.5) is 5.82 Å². The van der Waals surface area contributed by atoms with Crippen LogP contribution in [0.5, 0.6) is 0 Å². The van der Waals surface area contributed by atoms with Crippen molar-refractivity contribution >= 4 is 17.4 Å². The lowest BCUT2D eigenvalue weighted by atomic mass is 10.1. The second kappa shape index (κ2) is 5.83. The Hall–Kier alpha value is -1.61. The zero-order chi connectivity index (χ0) is 13.0. The van der Waals surface area contributed by atoms with E-state index in [1.54, 1.807) is 6.20 Å². The van der Waals surface area contributed by atoms with Crippen LogP contribution >= 0.6 is 11.6 Å². The van der Waals surface area contributed by atoms with Crippen molar-refractivity contribution in [2.24, 2.45) is 0 Å². The van der Waals surface area contributed by atoms with E-state index in [4.69, 9.17) is 11.6 Å². The molecule has 1 aromatic heterocycles. The fourth-order valence-electron chi connectivity index (χ4n) is 1.72. The molecule has 1 heterocycles. The zero-order valence-electron chi connectivity index (χ0n) is 10.6. The number of rotatable bonds is 4. The molecule has 0 bridgehead atoms. The van der Waals surface area contributed by atoms with Crippen LogP contribution in [0.3, 0.4) is 0 Å². The van der Waals surface area contributed by atoms with Crippen LogP contribution in [0.25, 0.3) is 0 Å². The van der Waals surface area contributed by atoms with Gasteiger partial charge in [0.1, 0.15) is 5.82 Å². The van der Waals surface area contributed by atoms with E-state index in [1.165, 1.54) is 0 Å². The lowest BCUT2D eigenvalue weighted by Gasteiger charge is -2.09. The fraction of sp³-hybridized carbons (Fsp3) is 0.286. The number of nitrogens with zero attached hydrogens (tertiary/aromatic N) is 2.